The average molecular weight is 474 g/mol. The van der Waals surface area contributed by atoms with Crippen molar-refractivity contribution in [1.29, 1.82) is 0 Å². The Morgan fingerprint density at radius 2 is 1.68 bits per heavy atom. The normalized spacial score (nSPS) is 11.5. The van der Waals surface area contributed by atoms with Crippen molar-refractivity contribution in [2.24, 2.45) is 0 Å². The number of hydrogen-bond donors (Lipinski definition) is 0. The molecular weight excluding hydrogens is 457 g/mol. The van der Waals surface area contributed by atoms with E-state index in [1.165, 1.54) is 23.5 Å². The molecule has 0 saturated heterocycles. The molecule has 0 spiro atoms. The minimum absolute atomic E-state index is 0.231. The van der Waals surface area contributed by atoms with Crippen molar-refractivity contribution in [2.45, 2.75) is 11.5 Å². The number of nitrogens with zero attached hydrogens (tertiary/aromatic N) is 1. The summed E-state index contributed by atoms with van der Waals surface area (Å²) in [5, 5.41) is 3.07. The van der Waals surface area contributed by atoms with Gasteiger partial charge in [0, 0.05) is 23.4 Å². The van der Waals surface area contributed by atoms with Crippen molar-refractivity contribution in [3.8, 4) is 28.0 Å². The van der Waals surface area contributed by atoms with E-state index >= 15 is 0 Å². The van der Waals surface area contributed by atoms with E-state index in [0.717, 1.165) is 22.4 Å². The lowest BCUT2D eigenvalue weighted by Crippen LogP contribution is -1.98. The molecule has 0 amide bonds. The van der Waals surface area contributed by atoms with Crippen molar-refractivity contribution in [3.05, 3.63) is 88.1 Å². The zero-order valence-corrected chi connectivity index (χ0v) is 18.8. The molecule has 1 heterocycles. The van der Waals surface area contributed by atoms with Gasteiger partial charge in [0.1, 0.15) is 23.2 Å². The zero-order chi connectivity index (χ0) is 22.0. The summed E-state index contributed by atoms with van der Waals surface area (Å²) in [5.41, 5.74) is 2.94. The number of sulfone groups is 1. The lowest BCUT2D eigenvalue weighted by atomic mass is 9.94. The standard InChI is InChI=1S/C23H17ClFNO3S2/c1-31(27,28)18-8-4-15(5-9-18)19-10-11-20(29-14-21-26-12-13-30-21)23(24)22(19)16-2-6-17(25)7-3-16/h2-13H,14H2,1H3. The Morgan fingerprint density at radius 3 is 2.29 bits per heavy atom. The highest BCUT2D eigenvalue weighted by molar-refractivity contribution is 7.90. The highest BCUT2D eigenvalue weighted by atomic mass is 35.5. The monoisotopic (exact) mass is 473 g/mol. The molecule has 0 aliphatic rings. The Hall–Kier alpha value is -2.74. The molecule has 4 aromatic rings. The number of ether oxygens (including phenoxy) is 1. The summed E-state index contributed by atoms with van der Waals surface area (Å²) in [6.07, 6.45) is 2.87. The van der Waals surface area contributed by atoms with Crippen LogP contribution < -0.4 is 4.74 Å². The number of aromatic nitrogens is 1. The summed E-state index contributed by atoms with van der Waals surface area (Å²) >= 11 is 8.23. The van der Waals surface area contributed by atoms with Crippen LogP contribution in [0.3, 0.4) is 0 Å². The molecule has 4 nitrogen and oxygen atoms in total. The first-order valence-corrected chi connectivity index (χ1v) is 12.4. The van der Waals surface area contributed by atoms with E-state index in [1.807, 2.05) is 11.4 Å². The summed E-state index contributed by atoms with van der Waals surface area (Å²) in [4.78, 5) is 4.43. The first-order valence-electron chi connectivity index (χ1n) is 9.23. The molecule has 0 radical (unpaired) electrons. The van der Waals surface area contributed by atoms with Crippen LogP contribution in [-0.4, -0.2) is 19.7 Å². The second-order valence-electron chi connectivity index (χ2n) is 6.82. The van der Waals surface area contributed by atoms with Crippen LogP contribution in [0, 0.1) is 5.82 Å². The van der Waals surface area contributed by atoms with Gasteiger partial charge in [0.25, 0.3) is 0 Å². The van der Waals surface area contributed by atoms with Gasteiger partial charge in [-0.25, -0.2) is 17.8 Å². The third kappa shape index (κ3) is 4.79. The molecule has 0 unspecified atom stereocenters. The van der Waals surface area contributed by atoms with Crippen LogP contribution in [-0.2, 0) is 16.4 Å². The molecule has 0 atom stereocenters. The van der Waals surface area contributed by atoms with Crippen LogP contribution in [0.1, 0.15) is 5.01 Å². The van der Waals surface area contributed by atoms with E-state index in [1.54, 1.807) is 48.7 Å². The molecule has 3 aromatic carbocycles. The molecule has 4 rings (SSSR count). The van der Waals surface area contributed by atoms with Crippen LogP contribution in [0.2, 0.25) is 5.02 Å². The van der Waals surface area contributed by atoms with Gasteiger partial charge in [-0.3, -0.25) is 0 Å². The maximum absolute atomic E-state index is 13.5. The van der Waals surface area contributed by atoms with Crippen LogP contribution in [0.5, 0.6) is 5.75 Å². The Morgan fingerprint density at radius 1 is 1.00 bits per heavy atom. The number of rotatable bonds is 6. The summed E-state index contributed by atoms with van der Waals surface area (Å²) in [5.74, 6) is 0.128. The van der Waals surface area contributed by atoms with Crippen molar-refractivity contribution < 1.29 is 17.5 Å². The average Bonchev–Trinajstić information content (AvgIpc) is 3.27. The Balaban J connectivity index is 1.80. The van der Waals surface area contributed by atoms with Gasteiger partial charge in [0.05, 0.1) is 9.92 Å². The SMILES string of the molecule is CS(=O)(=O)c1ccc(-c2ccc(OCc3nccs3)c(Cl)c2-c2ccc(F)cc2)cc1. The minimum Gasteiger partial charge on any atom is -0.485 e. The number of halogens is 2. The number of benzene rings is 3. The third-order valence-electron chi connectivity index (χ3n) is 4.67. The number of hydrogen-bond acceptors (Lipinski definition) is 5. The fraction of sp³-hybridized carbons (Fsp3) is 0.0870. The molecular formula is C23H17ClFNO3S2. The molecule has 0 bridgehead atoms. The molecule has 0 fully saturated rings. The summed E-state index contributed by atoms with van der Waals surface area (Å²) in [6, 6.07) is 16.2. The first-order chi connectivity index (χ1) is 14.8. The second-order valence-corrected chi connectivity index (χ2v) is 10.2. The zero-order valence-electron chi connectivity index (χ0n) is 16.4. The Labute approximate surface area is 188 Å². The van der Waals surface area contributed by atoms with Gasteiger partial charge in [0.15, 0.2) is 9.84 Å². The van der Waals surface area contributed by atoms with Crippen LogP contribution in [0.25, 0.3) is 22.3 Å². The van der Waals surface area contributed by atoms with Gasteiger partial charge in [-0.15, -0.1) is 11.3 Å². The predicted molar refractivity (Wildman–Crippen MR) is 122 cm³/mol. The van der Waals surface area contributed by atoms with E-state index < -0.39 is 9.84 Å². The molecule has 0 N–H and O–H groups in total. The fourth-order valence-corrected chi connectivity index (χ4v) is 4.64. The van der Waals surface area contributed by atoms with Gasteiger partial charge >= 0.3 is 0 Å². The van der Waals surface area contributed by atoms with Gasteiger partial charge in [0.2, 0.25) is 0 Å². The van der Waals surface area contributed by atoms with Crippen molar-refractivity contribution in [2.75, 3.05) is 6.26 Å². The highest BCUT2D eigenvalue weighted by Gasteiger charge is 2.17. The topological polar surface area (TPSA) is 56.3 Å². The summed E-state index contributed by atoms with van der Waals surface area (Å²) < 4.78 is 43.0. The Kier molecular flexibility index (Phi) is 6.09. The quantitative estimate of drug-likeness (QED) is 0.332. The van der Waals surface area contributed by atoms with Crippen molar-refractivity contribution in [1.82, 2.24) is 4.98 Å². The van der Waals surface area contributed by atoms with E-state index in [0.29, 0.717) is 21.9 Å². The van der Waals surface area contributed by atoms with Gasteiger partial charge < -0.3 is 4.74 Å². The first kappa shape index (κ1) is 21.5. The molecule has 31 heavy (non-hydrogen) atoms. The fourth-order valence-electron chi connectivity index (χ4n) is 3.15. The van der Waals surface area contributed by atoms with E-state index in [9.17, 15) is 12.8 Å². The van der Waals surface area contributed by atoms with Gasteiger partial charge in [-0.1, -0.05) is 35.9 Å². The van der Waals surface area contributed by atoms with Crippen molar-refractivity contribution in [3.63, 3.8) is 0 Å². The van der Waals surface area contributed by atoms with Crippen LogP contribution >= 0.6 is 22.9 Å². The van der Waals surface area contributed by atoms with Crippen LogP contribution in [0.4, 0.5) is 4.39 Å². The number of thiazole rings is 1. The minimum atomic E-state index is -3.31. The predicted octanol–water partition coefficient (Wildman–Crippen LogP) is 6.25. The summed E-state index contributed by atoms with van der Waals surface area (Å²) in [7, 11) is -3.31. The molecule has 8 heteroatoms. The lowest BCUT2D eigenvalue weighted by Gasteiger charge is -2.16. The maximum Gasteiger partial charge on any atom is 0.175 e. The van der Waals surface area contributed by atoms with Gasteiger partial charge in [-0.2, -0.15) is 0 Å². The third-order valence-corrected chi connectivity index (χ3v) is 6.92. The van der Waals surface area contributed by atoms with Crippen LogP contribution in [0.15, 0.2) is 77.1 Å². The molecule has 0 saturated carbocycles. The van der Waals surface area contributed by atoms with E-state index in [4.69, 9.17) is 16.3 Å². The molecule has 0 aliphatic heterocycles. The van der Waals surface area contributed by atoms with Gasteiger partial charge in [-0.05, 0) is 53.1 Å². The molecule has 1 aromatic heterocycles. The molecule has 0 aliphatic carbocycles. The largest absolute Gasteiger partial charge is 0.485 e. The highest BCUT2D eigenvalue weighted by Crippen LogP contribution is 2.43. The Bertz CT molecular complexity index is 1300. The second kappa shape index (κ2) is 8.78. The summed E-state index contributed by atoms with van der Waals surface area (Å²) in [6.45, 7) is 0.280. The van der Waals surface area contributed by atoms with E-state index in [2.05, 4.69) is 4.98 Å². The molecule has 158 valence electrons. The van der Waals surface area contributed by atoms with Crippen molar-refractivity contribution >= 4 is 32.8 Å². The lowest BCUT2D eigenvalue weighted by molar-refractivity contribution is 0.306. The van der Waals surface area contributed by atoms with E-state index in [-0.39, 0.29) is 17.3 Å². The maximum atomic E-state index is 13.5. The smallest absolute Gasteiger partial charge is 0.175 e.